The van der Waals surface area contributed by atoms with Gasteiger partial charge in [0.15, 0.2) is 5.78 Å². The Morgan fingerprint density at radius 2 is 1.83 bits per heavy atom. The van der Waals surface area contributed by atoms with Crippen molar-refractivity contribution >= 4 is 11.8 Å². The predicted molar refractivity (Wildman–Crippen MR) is 68.6 cm³/mol. The lowest BCUT2D eigenvalue weighted by Crippen LogP contribution is -2.27. The van der Waals surface area contributed by atoms with Gasteiger partial charge in [-0.2, -0.15) is 0 Å². The first-order chi connectivity index (χ1) is 8.59. The van der Waals surface area contributed by atoms with E-state index in [-0.39, 0.29) is 17.6 Å². The average molecular weight is 246 g/mol. The molecule has 1 fully saturated rings. The minimum Gasteiger partial charge on any atom is -0.481 e. The number of hydrogen-bond donors (Lipinski definition) is 1. The van der Waals surface area contributed by atoms with Crippen molar-refractivity contribution in [1.82, 2.24) is 0 Å². The second-order valence-electron chi connectivity index (χ2n) is 5.08. The second-order valence-corrected chi connectivity index (χ2v) is 5.08. The molecule has 1 N–H and O–H groups in total. The number of carbonyl (C=O) groups is 2. The number of rotatable bonds is 3. The standard InChI is InChI=1S/C15H18O3/c1-10-5-2-3-8-13(10)14(16)11-6-4-7-12(9-11)15(17)18/h2-3,5,8,11-12H,4,6-7,9H2,1H3,(H,17,18)/t11-,12+/m0/s1. The van der Waals surface area contributed by atoms with Gasteiger partial charge in [0.2, 0.25) is 0 Å². The van der Waals surface area contributed by atoms with Crippen molar-refractivity contribution in [2.45, 2.75) is 32.6 Å². The lowest BCUT2D eigenvalue weighted by atomic mass is 9.77. The first-order valence-corrected chi connectivity index (χ1v) is 6.42. The Labute approximate surface area is 107 Å². The summed E-state index contributed by atoms with van der Waals surface area (Å²) in [5.74, 6) is -1.13. The number of aliphatic carboxylic acids is 1. The molecule has 18 heavy (non-hydrogen) atoms. The molecule has 0 radical (unpaired) electrons. The van der Waals surface area contributed by atoms with E-state index in [0.717, 1.165) is 24.0 Å². The van der Waals surface area contributed by atoms with E-state index in [9.17, 15) is 9.59 Å². The van der Waals surface area contributed by atoms with Crippen LogP contribution in [0.3, 0.4) is 0 Å². The van der Waals surface area contributed by atoms with Crippen LogP contribution in [0.1, 0.15) is 41.6 Å². The zero-order chi connectivity index (χ0) is 13.1. The minimum atomic E-state index is -0.766. The van der Waals surface area contributed by atoms with E-state index in [4.69, 9.17) is 5.11 Å². The van der Waals surface area contributed by atoms with E-state index in [1.807, 2.05) is 31.2 Å². The van der Waals surface area contributed by atoms with Crippen molar-refractivity contribution in [3.05, 3.63) is 35.4 Å². The largest absolute Gasteiger partial charge is 0.481 e. The van der Waals surface area contributed by atoms with Crippen LogP contribution in [0.4, 0.5) is 0 Å². The summed E-state index contributed by atoms with van der Waals surface area (Å²) in [5, 5.41) is 9.05. The van der Waals surface area contributed by atoms with Crippen molar-refractivity contribution in [3.8, 4) is 0 Å². The molecule has 0 bridgehead atoms. The van der Waals surface area contributed by atoms with Gasteiger partial charge in [-0.1, -0.05) is 30.7 Å². The van der Waals surface area contributed by atoms with Gasteiger partial charge in [-0.15, -0.1) is 0 Å². The van der Waals surface area contributed by atoms with Crippen LogP contribution >= 0.6 is 0 Å². The Balaban J connectivity index is 2.14. The van der Waals surface area contributed by atoms with Gasteiger partial charge in [-0.05, 0) is 31.7 Å². The summed E-state index contributed by atoms with van der Waals surface area (Å²) in [6.45, 7) is 1.92. The smallest absolute Gasteiger partial charge is 0.306 e. The molecule has 0 amide bonds. The van der Waals surface area contributed by atoms with Crippen LogP contribution in [0.25, 0.3) is 0 Å². The fourth-order valence-corrected chi connectivity index (χ4v) is 2.72. The van der Waals surface area contributed by atoms with Gasteiger partial charge in [0.25, 0.3) is 0 Å². The van der Waals surface area contributed by atoms with Gasteiger partial charge in [-0.25, -0.2) is 0 Å². The molecular formula is C15H18O3. The number of ketones is 1. The SMILES string of the molecule is Cc1ccccc1C(=O)[C@H]1CCC[C@@H](C(=O)O)C1. The topological polar surface area (TPSA) is 54.4 Å². The molecular weight excluding hydrogens is 228 g/mol. The van der Waals surface area contributed by atoms with E-state index < -0.39 is 5.97 Å². The molecule has 3 nitrogen and oxygen atoms in total. The first-order valence-electron chi connectivity index (χ1n) is 6.42. The Kier molecular flexibility index (Phi) is 3.80. The third-order valence-electron chi connectivity index (χ3n) is 3.80. The van der Waals surface area contributed by atoms with Crippen LogP contribution in [-0.2, 0) is 4.79 Å². The van der Waals surface area contributed by atoms with E-state index in [1.54, 1.807) is 0 Å². The van der Waals surface area contributed by atoms with Crippen molar-refractivity contribution in [3.63, 3.8) is 0 Å². The zero-order valence-corrected chi connectivity index (χ0v) is 10.6. The highest BCUT2D eigenvalue weighted by molar-refractivity contribution is 5.99. The fraction of sp³-hybridized carbons (Fsp3) is 0.467. The molecule has 0 aromatic heterocycles. The molecule has 0 spiro atoms. The molecule has 1 aliphatic carbocycles. The third-order valence-corrected chi connectivity index (χ3v) is 3.80. The van der Waals surface area contributed by atoms with Gasteiger partial charge in [0.1, 0.15) is 0 Å². The molecule has 1 aromatic carbocycles. The van der Waals surface area contributed by atoms with Crippen molar-refractivity contribution < 1.29 is 14.7 Å². The van der Waals surface area contributed by atoms with E-state index >= 15 is 0 Å². The van der Waals surface area contributed by atoms with Crippen molar-refractivity contribution in [2.75, 3.05) is 0 Å². The Morgan fingerprint density at radius 1 is 1.17 bits per heavy atom. The van der Waals surface area contributed by atoms with E-state index in [2.05, 4.69) is 0 Å². The summed E-state index contributed by atoms with van der Waals surface area (Å²) in [5.41, 5.74) is 1.72. The minimum absolute atomic E-state index is 0.110. The molecule has 0 heterocycles. The molecule has 1 aliphatic rings. The summed E-state index contributed by atoms with van der Waals surface area (Å²) in [4.78, 5) is 23.4. The number of aryl methyl sites for hydroxylation is 1. The molecule has 0 aliphatic heterocycles. The van der Waals surface area contributed by atoms with Crippen LogP contribution in [-0.4, -0.2) is 16.9 Å². The average Bonchev–Trinajstić information content (AvgIpc) is 2.38. The quantitative estimate of drug-likeness (QED) is 0.834. The Morgan fingerprint density at radius 3 is 2.50 bits per heavy atom. The highest BCUT2D eigenvalue weighted by atomic mass is 16.4. The number of benzene rings is 1. The summed E-state index contributed by atoms with van der Waals surface area (Å²) in [6, 6.07) is 7.53. The monoisotopic (exact) mass is 246 g/mol. The molecule has 2 rings (SSSR count). The highest BCUT2D eigenvalue weighted by Gasteiger charge is 2.31. The normalized spacial score (nSPS) is 23.6. The van der Waals surface area contributed by atoms with E-state index in [1.165, 1.54) is 0 Å². The Hall–Kier alpha value is -1.64. The van der Waals surface area contributed by atoms with Crippen LogP contribution < -0.4 is 0 Å². The van der Waals surface area contributed by atoms with Gasteiger partial charge in [0, 0.05) is 11.5 Å². The summed E-state index contributed by atoms with van der Waals surface area (Å²) >= 11 is 0. The predicted octanol–water partition coefficient (Wildman–Crippen LogP) is 3.07. The van der Waals surface area contributed by atoms with Crippen LogP contribution in [0.2, 0.25) is 0 Å². The first kappa shape index (κ1) is 12.8. The number of carboxylic acid groups (broad SMARTS) is 1. The van der Waals surface area contributed by atoms with Gasteiger partial charge in [-0.3, -0.25) is 9.59 Å². The molecule has 0 unspecified atom stereocenters. The van der Waals surface area contributed by atoms with Gasteiger partial charge < -0.3 is 5.11 Å². The lowest BCUT2D eigenvalue weighted by molar-refractivity contribution is -0.143. The van der Waals surface area contributed by atoms with Gasteiger partial charge >= 0.3 is 5.97 Å². The molecule has 3 heteroatoms. The highest BCUT2D eigenvalue weighted by Crippen LogP contribution is 2.32. The number of carbonyl (C=O) groups excluding carboxylic acids is 1. The summed E-state index contributed by atoms with van der Waals surface area (Å²) < 4.78 is 0. The molecule has 96 valence electrons. The van der Waals surface area contributed by atoms with Crippen LogP contribution in [0.15, 0.2) is 24.3 Å². The van der Waals surface area contributed by atoms with E-state index in [0.29, 0.717) is 12.8 Å². The summed E-state index contributed by atoms with van der Waals surface area (Å²) in [6.07, 6.45) is 2.84. The van der Waals surface area contributed by atoms with Gasteiger partial charge in [0.05, 0.1) is 5.92 Å². The number of hydrogen-bond acceptors (Lipinski definition) is 2. The maximum absolute atomic E-state index is 12.4. The maximum Gasteiger partial charge on any atom is 0.306 e. The third kappa shape index (κ3) is 2.61. The molecule has 1 aromatic rings. The van der Waals surface area contributed by atoms with Crippen molar-refractivity contribution in [1.29, 1.82) is 0 Å². The molecule has 2 atom stereocenters. The second kappa shape index (κ2) is 5.34. The lowest BCUT2D eigenvalue weighted by Gasteiger charge is -2.25. The van der Waals surface area contributed by atoms with Crippen molar-refractivity contribution in [2.24, 2.45) is 11.8 Å². The summed E-state index contributed by atoms with van der Waals surface area (Å²) in [7, 11) is 0. The number of Topliss-reactive ketones (excluding diaryl/α,β-unsaturated/α-hetero) is 1. The van der Waals surface area contributed by atoms with Crippen LogP contribution in [0.5, 0.6) is 0 Å². The molecule has 0 saturated heterocycles. The molecule has 1 saturated carbocycles. The zero-order valence-electron chi connectivity index (χ0n) is 10.6. The maximum atomic E-state index is 12.4. The Bertz CT molecular complexity index is 465. The van der Waals surface area contributed by atoms with Crippen LogP contribution in [0, 0.1) is 18.8 Å². The fourth-order valence-electron chi connectivity index (χ4n) is 2.72. The number of carboxylic acids is 1.